The molecule has 0 fully saturated rings. The standard InChI is InChI=1S/C10H13ClO2S2/c1-10(2,3)15(12,13)7-6-8-4-5-9(11)14-8/h4-7H,1-3H3/b7-6+. The van der Waals surface area contributed by atoms with Crippen molar-refractivity contribution in [3.05, 3.63) is 26.8 Å². The van der Waals surface area contributed by atoms with Crippen molar-refractivity contribution in [2.75, 3.05) is 0 Å². The van der Waals surface area contributed by atoms with Crippen LogP contribution in [-0.2, 0) is 9.84 Å². The number of sulfone groups is 1. The average Bonchev–Trinajstić information content (AvgIpc) is 2.46. The summed E-state index contributed by atoms with van der Waals surface area (Å²) in [6, 6.07) is 3.54. The van der Waals surface area contributed by atoms with E-state index in [2.05, 4.69) is 0 Å². The van der Waals surface area contributed by atoms with E-state index in [1.807, 2.05) is 0 Å². The van der Waals surface area contributed by atoms with Crippen LogP contribution < -0.4 is 0 Å². The minimum atomic E-state index is -3.20. The predicted molar refractivity (Wildman–Crippen MR) is 67.0 cm³/mol. The molecule has 5 heteroatoms. The Labute approximate surface area is 99.5 Å². The van der Waals surface area contributed by atoms with E-state index in [0.29, 0.717) is 4.34 Å². The molecule has 0 saturated heterocycles. The zero-order valence-electron chi connectivity index (χ0n) is 8.82. The van der Waals surface area contributed by atoms with Crippen molar-refractivity contribution < 1.29 is 8.42 Å². The van der Waals surface area contributed by atoms with Gasteiger partial charge in [0, 0.05) is 10.3 Å². The lowest BCUT2D eigenvalue weighted by Gasteiger charge is -2.15. The van der Waals surface area contributed by atoms with Gasteiger partial charge in [-0.25, -0.2) is 8.42 Å². The van der Waals surface area contributed by atoms with Crippen molar-refractivity contribution in [3.8, 4) is 0 Å². The van der Waals surface area contributed by atoms with Crippen LogP contribution in [0.3, 0.4) is 0 Å². The smallest absolute Gasteiger partial charge is 0.176 e. The third kappa shape index (κ3) is 3.33. The molecule has 0 aliphatic rings. The van der Waals surface area contributed by atoms with Crippen LogP contribution in [-0.4, -0.2) is 13.2 Å². The van der Waals surface area contributed by atoms with Gasteiger partial charge < -0.3 is 0 Å². The van der Waals surface area contributed by atoms with E-state index in [1.54, 1.807) is 39.0 Å². The summed E-state index contributed by atoms with van der Waals surface area (Å²) >= 11 is 7.09. The van der Waals surface area contributed by atoms with Gasteiger partial charge in [-0.2, -0.15) is 0 Å². The third-order valence-electron chi connectivity index (χ3n) is 1.86. The molecule has 0 atom stereocenters. The Hall–Kier alpha value is -0.320. The first-order valence-corrected chi connectivity index (χ1v) is 7.14. The van der Waals surface area contributed by atoms with Gasteiger partial charge in [0.2, 0.25) is 0 Å². The quantitative estimate of drug-likeness (QED) is 0.818. The van der Waals surface area contributed by atoms with E-state index in [1.165, 1.54) is 16.7 Å². The molecule has 84 valence electrons. The first-order chi connectivity index (χ1) is 6.72. The molecule has 1 aromatic heterocycles. The van der Waals surface area contributed by atoms with Gasteiger partial charge in [0.15, 0.2) is 9.84 Å². The summed E-state index contributed by atoms with van der Waals surface area (Å²) in [7, 11) is -3.20. The molecular formula is C10H13ClO2S2. The summed E-state index contributed by atoms with van der Waals surface area (Å²) in [5.41, 5.74) is 0. The van der Waals surface area contributed by atoms with Crippen LogP contribution in [0.5, 0.6) is 0 Å². The summed E-state index contributed by atoms with van der Waals surface area (Å²) in [6.07, 6.45) is 1.58. The van der Waals surface area contributed by atoms with Crippen molar-refractivity contribution in [2.24, 2.45) is 0 Å². The van der Waals surface area contributed by atoms with Crippen LogP contribution in [0.1, 0.15) is 25.6 Å². The summed E-state index contributed by atoms with van der Waals surface area (Å²) in [5, 5.41) is 1.25. The molecule has 0 N–H and O–H groups in total. The van der Waals surface area contributed by atoms with Gasteiger partial charge in [-0.15, -0.1) is 11.3 Å². The van der Waals surface area contributed by atoms with Crippen LogP contribution in [0.25, 0.3) is 6.08 Å². The highest BCUT2D eigenvalue weighted by molar-refractivity contribution is 7.95. The second kappa shape index (κ2) is 4.28. The number of hydrogen-bond donors (Lipinski definition) is 0. The summed E-state index contributed by atoms with van der Waals surface area (Å²) in [4.78, 5) is 0.841. The zero-order chi connectivity index (χ0) is 11.7. The molecular weight excluding hydrogens is 252 g/mol. The summed E-state index contributed by atoms with van der Waals surface area (Å²) in [5.74, 6) is 0. The van der Waals surface area contributed by atoms with E-state index in [9.17, 15) is 8.42 Å². The van der Waals surface area contributed by atoms with Gasteiger partial charge >= 0.3 is 0 Å². The maximum atomic E-state index is 11.7. The Balaban J connectivity index is 2.92. The Kier molecular flexibility index (Phi) is 3.63. The predicted octanol–water partition coefficient (Wildman–Crippen LogP) is 3.59. The largest absolute Gasteiger partial charge is 0.224 e. The lowest BCUT2D eigenvalue weighted by molar-refractivity contribution is 0.570. The minimum absolute atomic E-state index is 0.655. The Morgan fingerprint density at radius 2 is 1.93 bits per heavy atom. The maximum absolute atomic E-state index is 11.7. The second-order valence-electron chi connectivity index (χ2n) is 4.10. The van der Waals surface area contributed by atoms with Gasteiger partial charge in [-0.1, -0.05) is 11.6 Å². The van der Waals surface area contributed by atoms with Crippen LogP contribution in [0.4, 0.5) is 0 Å². The number of halogens is 1. The first kappa shape index (κ1) is 12.7. The fraction of sp³-hybridized carbons (Fsp3) is 0.400. The fourth-order valence-electron chi connectivity index (χ4n) is 0.779. The topological polar surface area (TPSA) is 34.1 Å². The molecule has 0 aromatic carbocycles. The molecule has 1 rings (SSSR count). The van der Waals surface area contributed by atoms with Gasteiger partial charge in [0.25, 0.3) is 0 Å². The van der Waals surface area contributed by atoms with Crippen LogP contribution in [0, 0.1) is 0 Å². The van der Waals surface area contributed by atoms with E-state index in [-0.39, 0.29) is 0 Å². The van der Waals surface area contributed by atoms with Crippen molar-refractivity contribution in [1.82, 2.24) is 0 Å². The van der Waals surface area contributed by atoms with Crippen molar-refractivity contribution in [2.45, 2.75) is 25.5 Å². The van der Waals surface area contributed by atoms with Crippen LogP contribution in [0.2, 0.25) is 4.34 Å². The monoisotopic (exact) mass is 264 g/mol. The molecule has 1 aromatic rings. The molecule has 0 amide bonds. The Bertz CT molecular complexity index is 464. The zero-order valence-corrected chi connectivity index (χ0v) is 11.2. The van der Waals surface area contributed by atoms with E-state index in [0.717, 1.165) is 4.88 Å². The molecule has 0 unspecified atom stereocenters. The number of hydrogen-bond acceptors (Lipinski definition) is 3. The van der Waals surface area contributed by atoms with E-state index >= 15 is 0 Å². The first-order valence-electron chi connectivity index (χ1n) is 4.40. The van der Waals surface area contributed by atoms with Gasteiger partial charge in [0.1, 0.15) is 0 Å². The maximum Gasteiger partial charge on any atom is 0.176 e. The molecule has 0 bridgehead atoms. The van der Waals surface area contributed by atoms with E-state index < -0.39 is 14.6 Å². The van der Waals surface area contributed by atoms with Gasteiger partial charge in [-0.05, 0) is 39.0 Å². The van der Waals surface area contributed by atoms with E-state index in [4.69, 9.17) is 11.6 Å². The number of thiophene rings is 1. The molecule has 0 spiro atoms. The normalized spacial score (nSPS) is 13.6. The Morgan fingerprint density at radius 3 is 2.33 bits per heavy atom. The van der Waals surface area contributed by atoms with Gasteiger partial charge in [0.05, 0.1) is 9.08 Å². The fourth-order valence-corrected chi connectivity index (χ4v) is 2.56. The molecule has 0 aliphatic heterocycles. The average molecular weight is 265 g/mol. The highest BCUT2D eigenvalue weighted by Gasteiger charge is 2.25. The molecule has 1 heterocycles. The third-order valence-corrected chi connectivity index (χ3v) is 5.26. The van der Waals surface area contributed by atoms with Crippen molar-refractivity contribution in [1.29, 1.82) is 0 Å². The van der Waals surface area contributed by atoms with Gasteiger partial charge in [-0.3, -0.25) is 0 Å². The highest BCUT2D eigenvalue weighted by atomic mass is 35.5. The second-order valence-corrected chi connectivity index (χ2v) is 8.44. The van der Waals surface area contributed by atoms with Crippen LogP contribution >= 0.6 is 22.9 Å². The summed E-state index contributed by atoms with van der Waals surface area (Å²) in [6.45, 7) is 5.02. The lowest BCUT2D eigenvalue weighted by Crippen LogP contribution is -2.25. The van der Waals surface area contributed by atoms with Crippen molar-refractivity contribution in [3.63, 3.8) is 0 Å². The molecule has 0 saturated carbocycles. The van der Waals surface area contributed by atoms with Crippen LogP contribution in [0.15, 0.2) is 17.5 Å². The number of rotatable bonds is 2. The molecule has 0 aliphatic carbocycles. The SMILES string of the molecule is CC(C)(C)S(=O)(=O)/C=C/c1ccc(Cl)s1. The molecule has 2 nitrogen and oxygen atoms in total. The highest BCUT2D eigenvalue weighted by Crippen LogP contribution is 2.24. The molecule has 15 heavy (non-hydrogen) atoms. The molecule has 0 radical (unpaired) electrons. The Morgan fingerprint density at radius 1 is 1.33 bits per heavy atom. The minimum Gasteiger partial charge on any atom is -0.224 e. The van der Waals surface area contributed by atoms with Crippen molar-refractivity contribution >= 4 is 38.9 Å². The lowest BCUT2D eigenvalue weighted by atomic mass is 10.3. The summed E-state index contributed by atoms with van der Waals surface area (Å²) < 4.78 is 23.3.